The van der Waals surface area contributed by atoms with Gasteiger partial charge < -0.3 is 5.32 Å². The minimum Gasteiger partial charge on any atom is -0.316 e. The Hall–Kier alpha value is 0.110. The monoisotopic (exact) mass is 191 g/mol. The first-order chi connectivity index (χ1) is 5.61. The molecule has 0 spiro atoms. The third-order valence-electron chi connectivity index (χ3n) is 1.94. The lowest BCUT2D eigenvalue weighted by atomic mass is 10.2. The Bertz CT molecular complexity index is 136. The highest BCUT2D eigenvalue weighted by Gasteiger charge is 2.11. The largest absolute Gasteiger partial charge is 0.316 e. The predicted molar refractivity (Wildman–Crippen MR) is 55.9 cm³/mol. The fraction of sp³-hybridized carbons (Fsp3) is 1.00. The second-order valence-electron chi connectivity index (χ2n) is 3.37. The molecule has 0 aliphatic carbocycles. The number of hydrogen-bond donors (Lipinski definition) is 1. The van der Waals surface area contributed by atoms with E-state index in [1.165, 1.54) is 0 Å². The molecule has 2 nitrogen and oxygen atoms in total. The van der Waals surface area contributed by atoms with Crippen LogP contribution < -0.4 is 5.32 Å². The molecule has 12 heavy (non-hydrogen) atoms. The van der Waals surface area contributed by atoms with Gasteiger partial charge in [-0.2, -0.15) is 0 Å². The molecule has 0 radical (unpaired) electrons. The van der Waals surface area contributed by atoms with Gasteiger partial charge in [-0.3, -0.25) is 4.21 Å². The number of nitrogens with one attached hydrogen (secondary N) is 1. The van der Waals surface area contributed by atoms with Crippen LogP contribution in [0.1, 0.15) is 33.6 Å². The van der Waals surface area contributed by atoms with Crippen molar-refractivity contribution in [1.82, 2.24) is 5.32 Å². The summed E-state index contributed by atoms with van der Waals surface area (Å²) in [6.07, 6.45) is 2.27. The Morgan fingerprint density at radius 3 is 2.33 bits per heavy atom. The normalized spacial score (nSPS) is 16.4. The molecule has 74 valence electrons. The summed E-state index contributed by atoms with van der Waals surface area (Å²) in [5, 5.41) is 3.49. The molecule has 0 saturated heterocycles. The minimum atomic E-state index is -0.666. The van der Waals surface area contributed by atoms with E-state index in [1.807, 2.05) is 20.9 Å². The van der Waals surface area contributed by atoms with E-state index in [-0.39, 0.29) is 5.25 Å². The van der Waals surface area contributed by atoms with Crippen molar-refractivity contribution >= 4 is 10.8 Å². The smallest absolute Gasteiger partial charge is 0.0391 e. The fourth-order valence-corrected chi connectivity index (χ4v) is 2.17. The van der Waals surface area contributed by atoms with Crippen LogP contribution in [0.3, 0.4) is 0 Å². The van der Waals surface area contributed by atoms with E-state index in [2.05, 4.69) is 12.2 Å². The maximum absolute atomic E-state index is 11.5. The van der Waals surface area contributed by atoms with Crippen LogP contribution in [0.15, 0.2) is 0 Å². The van der Waals surface area contributed by atoms with E-state index in [1.54, 1.807) is 0 Å². The lowest BCUT2D eigenvalue weighted by Gasteiger charge is -2.15. The van der Waals surface area contributed by atoms with Crippen LogP contribution in [0.25, 0.3) is 0 Å². The van der Waals surface area contributed by atoms with Gasteiger partial charge in [0.1, 0.15) is 0 Å². The Labute approximate surface area is 78.6 Å². The Morgan fingerprint density at radius 2 is 2.00 bits per heavy atom. The van der Waals surface area contributed by atoms with Crippen molar-refractivity contribution in [3.63, 3.8) is 0 Å². The zero-order valence-electron chi connectivity index (χ0n) is 8.59. The summed E-state index contributed by atoms with van der Waals surface area (Å²) >= 11 is 0. The summed E-state index contributed by atoms with van der Waals surface area (Å²) in [4.78, 5) is 0. The molecule has 0 saturated carbocycles. The van der Waals surface area contributed by atoms with Crippen molar-refractivity contribution in [1.29, 1.82) is 0 Å². The predicted octanol–water partition coefficient (Wildman–Crippen LogP) is 1.53. The Balaban J connectivity index is 3.77. The quantitative estimate of drug-likeness (QED) is 0.690. The molecule has 3 heteroatoms. The molecule has 0 aliphatic heterocycles. The van der Waals surface area contributed by atoms with Gasteiger partial charge in [-0.15, -0.1) is 0 Å². The van der Waals surface area contributed by atoms with Gasteiger partial charge in [0, 0.05) is 27.8 Å². The summed E-state index contributed by atoms with van der Waals surface area (Å²) in [5.41, 5.74) is 0. The van der Waals surface area contributed by atoms with E-state index in [9.17, 15) is 4.21 Å². The molecule has 0 aliphatic rings. The molecule has 0 aromatic rings. The van der Waals surface area contributed by atoms with Gasteiger partial charge in [0.05, 0.1) is 0 Å². The van der Waals surface area contributed by atoms with Crippen molar-refractivity contribution in [3.8, 4) is 0 Å². The van der Waals surface area contributed by atoms with Crippen molar-refractivity contribution in [2.45, 2.75) is 44.9 Å². The highest BCUT2D eigenvalue weighted by atomic mass is 32.2. The number of hydrogen-bond acceptors (Lipinski definition) is 2. The lowest BCUT2D eigenvalue weighted by Crippen LogP contribution is -2.32. The average Bonchev–Trinajstić information content (AvgIpc) is 2.03. The second kappa shape index (κ2) is 6.61. The second-order valence-corrected chi connectivity index (χ2v) is 5.41. The third-order valence-corrected chi connectivity index (χ3v) is 3.72. The highest BCUT2D eigenvalue weighted by molar-refractivity contribution is 7.85. The molecule has 0 fully saturated rings. The van der Waals surface area contributed by atoms with Gasteiger partial charge in [-0.25, -0.2) is 0 Å². The van der Waals surface area contributed by atoms with Gasteiger partial charge in [0.2, 0.25) is 0 Å². The lowest BCUT2D eigenvalue weighted by molar-refractivity contribution is 0.555. The third kappa shape index (κ3) is 4.88. The van der Waals surface area contributed by atoms with Crippen molar-refractivity contribution in [2.75, 3.05) is 12.8 Å². The summed E-state index contributed by atoms with van der Waals surface area (Å²) < 4.78 is 11.5. The van der Waals surface area contributed by atoms with Crippen molar-refractivity contribution < 1.29 is 4.21 Å². The minimum absolute atomic E-state index is 0.290. The zero-order valence-corrected chi connectivity index (χ0v) is 9.41. The molecule has 0 aromatic heterocycles. The van der Waals surface area contributed by atoms with E-state index in [0.29, 0.717) is 6.04 Å². The van der Waals surface area contributed by atoms with E-state index >= 15 is 0 Å². The fourth-order valence-electron chi connectivity index (χ4n) is 1.05. The standard InChI is InChI=1S/C9H21NOS/c1-5-6-9(10-4)7-12(11)8(2)3/h8-10H,5-7H2,1-4H3. The van der Waals surface area contributed by atoms with E-state index < -0.39 is 10.8 Å². The van der Waals surface area contributed by atoms with Gasteiger partial charge in [0.15, 0.2) is 0 Å². The first-order valence-corrected chi connectivity index (χ1v) is 6.04. The van der Waals surface area contributed by atoms with Crippen LogP contribution in [0.2, 0.25) is 0 Å². The molecule has 1 N–H and O–H groups in total. The molecule has 0 amide bonds. The van der Waals surface area contributed by atoms with Crippen LogP contribution in [0.4, 0.5) is 0 Å². The van der Waals surface area contributed by atoms with Crippen molar-refractivity contribution in [2.24, 2.45) is 0 Å². The first kappa shape index (κ1) is 12.1. The first-order valence-electron chi connectivity index (χ1n) is 4.66. The van der Waals surface area contributed by atoms with Gasteiger partial charge in [-0.1, -0.05) is 27.2 Å². The maximum atomic E-state index is 11.5. The summed E-state index contributed by atoms with van der Waals surface area (Å²) in [6.45, 7) is 6.17. The maximum Gasteiger partial charge on any atom is 0.0391 e. The SMILES string of the molecule is CCCC(CS(=O)C(C)C)NC. The summed E-state index contributed by atoms with van der Waals surface area (Å²) in [7, 11) is 1.28. The molecule has 0 bridgehead atoms. The van der Waals surface area contributed by atoms with Crippen LogP contribution in [0.5, 0.6) is 0 Å². The molecular weight excluding hydrogens is 170 g/mol. The van der Waals surface area contributed by atoms with E-state index in [0.717, 1.165) is 18.6 Å². The van der Waals surface area contributed by atoms with Crippen LogP contribution in [0, 0.1) is 0 Å². The van der Waals surface area contributed by atoms with E-state index in [4.69, 9.17) is 0 Å². The molecule has 0 rings (SSSR count). The van der Waals surface area contributed by atoms with Gasteiger partial charge in [0.25, 0.3) is 0 Å². The Kier molecular flexibility index (Phi) is 6.67. The number of rotatable bonds is 6. The molecular formula is C9H21NOS. The average molecular weight is 191 g/mol. The Morgan fingerprint density at radius 1 is 1.42 bits per heavy atom. The summed E-state index contributed by atoms with van der Waals surface area (Å²) in [5.74, 6) is 0.794. The highest BCUT2D eigenvalue weighted by Crippen LogP contribution is 2.02. The molecule has 2 unspecified atom stereocenters. The zero-order chi connectivity index (χ0) is 9.56. The van der Waals surface area contributed by atoms with Crippen LogP contribution in [-0.2, 0) is 10.8 Å². The molecule has 0 aromatic carbocycles. The topological polar surface area (TPSA) is 29.1 Å². The van der Waals surface area contributed by atoms with Crippen LogP contribution in [-0.4, -0.2) is 28.3 Å². The van der Waals surface area contributed by atoms with Crippen molar-refractivity contribution in [3.05, 3.63) is 0 Å². The molecule has 0 heterocycles. The molecule has 2 atom stereocenters. The van der Waals surface area contributed by atoms with Gasteiger partial charge in [-0.05, 0) is 13.5 Å². The summed E-state index contributed by atoms with van der Waals surface area (Å²) in [6, 6.07) is 0.429. The van der Waals surface area contributed by atoms with Gasteiger partial charge >= 0.3 is 0 Å². The van der Waals surface area contributed by atoms with Crippen LogP contribution >= 0.6 is 0 Å².